The van der Waals surface area contributed by atoms with E-state index in [2.05, 4.69) is 34.6 Å². The molecule has 0 saturated heterocycles. The highest BCUT2D eigenvalue weighted by Gasteiger charge is 2.19. The van der Waals surface area contributed by atoms with Crippen LogP contribution >= 0.6 is 0 Å². The van der Waals surface area contributed by atoms with Crippen LogP contribution in [0.15, 0.2) is 0 Å². The maximum Gasteiger partial charge on any atom is 0.306 e. The van der Waals surface area contributed by atoms with Crippen LogP contribution in [0.3, 0.4) is 0 Å². The third-order valence-corrected chi connectivity index (χ3v) is 13.8. The molecule has 0 amide bonds. The normalized spacial score (nSPS) is 12.5. The molecular formula is C59H114O6. The predicted molar refractivity (Wildman–Crippen MR) is 280 cm³/mol. The van der Waals surface area contributed by atoms with Crippen molar-refractivity contribution >= 4 is 17.9 Å². The molecule has 6 nitrogen and oxygen atoms in total. The Morgan fingerprint density at radius 1 is 0.323 bits per heavy atom. The van der Waals surface area contributed by atoms with Gasteiger partial charge in [-0.2, -0.15) is 0 Å². The lowest BCUT2D eigenvalue weighted by Gasteiger charge is -2.18. The molecule has 0 aromatic heterocycles. The van der Waals surface area contributed by atoms with Crippen molar-refractivity contribution in [2.75, 3.05) is 13.2 Å². The molecule has 0 aromatic rings. The van der Waals surface area contributed by atoms with Crippen molar-refractivity contribution in [3.63, 3.8) is 0 Å². The van der Waals surface area contributed by atoms with Crippen LogP contribution in [-0.2, 0) is 28.6 Å². The van der Waals surface area contributed by atoms with E-state index in [9.17, 15) is 14.4 Å². The topological polar surface area (TPSA) is 78.9 Å². The Hall–Kier alpha value is -1.59. The molecule has 0 aliphatic carbocycles. The van der Waals surface area contributed by atoms with E-state index in [-0.39, 0.29) is 31.1 Å². The van der Waals surface area contributed by atoms with Gasteiger partial charge in [0, 0.05) is 19.3 Å². The summed E-state index contributed by atoms with van der Waals surface area (Å²) in [5.41, 5.74) is 0. The second kappa shape index (κ2) is 51.8. The van der Waals surface area contributed by atoms with Gasteiger partial charge in [-0.15, -0.1) is 0 Å². The summed E-state index contributed by atoms with van der Waals surface area (Å²) < 4.78 is 16.9. The molecule has 0 bridgehead atoms. The summed E-state index contributed by atoms with van der Waals surface area (Å²) in [5.74, 6) is 0.901. The van der Waals surface area contributed by atoms with Gasteiger partial charge in [-0.3, -0.25) is 14.4 Å². The monoisotopic (exact) mass is 919 g/mol. The molecule has 0 heterocycles. The number of hydrogen-bond donors (Lipinski definition) is 0. The number of unbranched alkanes of at least 4 members (excludes halogenated alkanes) is 37. The molecular weight excluding hydrogens is 805 g/mol. The highest BCUT2D eigenvalue weighted by molar-refractivity contribution is 5.71. The molecule has 0 spiro atoms. The minimum absolute atomic E-state index is 0.0625. The quantitative estimate of drug-likeness (QED) is 0.0344. The first-order valence-corrected chi connectivity index (χ1v) is 29.3. The lowest BCUT2D eigenvalue weighted by atomic mass is 9.99. The first-order valence-electron chi connectivity index (χ1n) is 29.3. The molecule has 0 rings (SSSR count). The maximum absolute atomic E-state index is 12.9. The van der Waals surface area contributed by atoms with Crippen LogP contribution in [-0.4, -0.2) is 37.2 Å². The van der Waals surface area contributed by atoms with Crippen LogP contribution < -0.4 is 0 Å². The van der Waals surface area contributed by atoms with Gasteiger partial charge in [-0.1, -0.05) is 291 Å². The Labute approximate surface area is 406 Å². The van der Waals surface area contributed by atoms with Gasteiger partial charge in [0.2, 0.25) is 0 Å². The van der Waals surface area contributed by atoms with Crippen LogP contribution in [0, 0.1) is 11.8 Å². The smallest absolute Gasteiger partial charge is 0.306 e. The second-order valence-corrected chi connectivity index (χ2v) is 21.0. The van der Waals surface area contributed by atoms with Gasteiger partial charge in [0.1, 0.15) is 13.2 Å². The number of rotatable bonds is 53. The van der Waals surface area contributed by atoms with Crippen molar-refractivity contribution in [1.29, 1.82) is 0 Å². The van der Waals surface area contributed by atoms with Gasteiger partial charge >= 0.3 is 17.9 Å². The van der Waals surface area contributed by atoms with Gasteiger partial charge in [0.05, 0.1) is 0 Å². The first-order chi connectivity index (χ1) is 31.8. The SMILES string of the molecule is CCCCCCCCCCCCCCC(=O)OC[C@H](COC(=O)CCCCCCCCCCCCCCCCC(C)CC)OC(=O)CCCCCCCCCCCCCCCCC(C)C. The minimum atomic E-state index is -0.762. The number of carbonyl (C=O) groups is 3. The number of esters is 3. The van der Waals surface area contributed by atoms with Crippen LogP contribution in [0.1, 0.15) is 330 Å². The van der Waals surface area contributed by atoms with Gasteiger partial charge < -0.3 is 14.2 Å². The maximum atomic E-state index is 12.9. The number of hydrogen-bond acceptors (Lipinski definition) is 6. The molecule has 65 heavy (non-hydrogen) atoms. The molecule has 0 fully saturated rings. The third-order valence-electron chi connectivity index (χ3n) is 13.8. The average molecular weight is 920 g/mol. The second-order valence-electron chi connectivity index (χ2n) is 21.0. The van der Waals surface area contributed by atoms with E-state index in [4.69, 9.17) is 14.2 Å². The van der Waals surface area contributed by atoms with Gasteiger partial charge in [0.15, 0.2) is 6.10 Å². The first kappa shape index (κ1) is 63.4. The van der Waals surface area contributed by atoms with E-state index in [0.717, 1.165) is 69.6 Å². The molecule has 0 aliphatic heterocycles. The summed E-state index contributed by atoms with van der Waals surface area (Å²) in [4.78, 5) is 38.1. The molecule has 1 unspecified atom stereocenters. The fraction of sp³-hybridized carbons (Fsp3) is 0.949. The Morgan fingerprint density at radius 3 is 0.877 bits per heavy atom. The standard InChI is InChI=1S/C59H114O6/c1-6-8-9-10-11-12-13-24-29-34-39-44-49-57(60)63-52-56(65-59(62)51-46-41-36-31-26-21-16-14-18-22-27-32-37-42-47-54(3)4)53-64-58(61)50-45-40-35-30-25-20-17-15-19-23-28-33-38-43-48-55(5)7-2/h54-56H,6-53H2,1-5H3/t55?,56-/m1/s1. The minimum Gasteiger partial charge on any atom is -0.462 e. The van der Waals surface area contributed by atoms with Gasteiger partial charge in [0.25, 0.3) is 0 Å². The van der Waals surface area contributed by atoms with Crippen LogP contribution in [0.25, 0.3) is 0 Å². The van der Waals surface area contributed by atoms with E-state index in [1.165, 1.54) is 218 Å². The zero-order valence-electron chi connectivity index (χ0n) is 44.6. The van der Waals surface area contributed by atoms with E-state index in [1.54, 1.807) is 0 Å². The van der Waals surface area contributed by atoms with Crippen LogP contribution in [0.2, 0.25) is 0 Å². The van der Waals surface area contributed by atoms with Crippen molar-refractivity contribution < 1.29 is 28.6 Å². The zero-order chi connectivity index (χ0) is 47.5. The Kier molecular flexibility index (Phi) is 50.5. The molecule has 0 N–H and O–H groups in total. The number of ether oxygens (including phenoxy) is 3. The lowest BCUT2D eigenvalue weighted by Crippen LogP contribution is -2.30. The summed E-state index contributed by atoms with van der Waals surface area (Å²) in [6.45, 7) is 11.5. The van der Waals surface area contributed by atoms with Crippen molar-refractivity contribution in [3.05, 3.63) is 0 Å². The summed E-state index contributed by atoms with van der Waals surface area (Å²) in [6, 6.07) is 0. The summed E-state index contributed by atoms with van der Waals surface area (Å²) in [6.07, 6.45) is 55.1. The molecule has 2 atom stereocenters. The van der Waals surface area contributed by atoms with E-state index < -0.39 is 6.10 Å². The highest BCUT2D eigenvalue weighted by Crippen LogP contribution is 2.19. The van der Waals surface area contributed by atoms with Crippen molar-refractivity contribution in [3.8, 4) is 0 Å². The molecule has 0 radical (unpaired) electrons. The lowest BCUT2D eigenvalue weighted by molar-refractivity contribution is -0.167. The Balaban J connectivity index is 4.28. The molecule has 386 valence electrons. The van der Waals surface area contributed by atoms with E-state index in [0.29, 0.717) is 19.3 Å². The molecule has 0 saturated carbocycles. The summed E-state index contributed by atoms with van der Waals surface area (Å²) >= 11 is 0. The fourth-order valence-corrected chi connectivity index (χ4v) is 9.02. The molecule has 6 heteroatoms. The Morgan fingerprint density at radius 2 is 0.585 bits per heavy atom. The van der Waals surface area contributed by atoms with Crippen LogP contribution in [0.5, 0.6) is 0 Å². The van der Waals surface area contributed by atoms with Crippen molar-refractivity contribution in [2.24, 2.45) is 11.8 Å². The zero-order valence-corrected chi connectivity index (χ0v) is 44.6. The fourth-order valence-electron chi connectivity index (χ4n) is 9.02. The van der Waals surface area contributed by atoms with E-state index >= 15 is 0 Å². The van der Waals surface area contributed by atoms with E-state index in [1.807, 2.05) is 0 Å². The third kappa shape index (κ3) is 51.6. The van der Waals surface area contributed by atoms with Crippen molar-refractivity contribution in [1.82, 2.24) is 0 Å². The van der Waals surface area contributed by atoms with Crippen LogP contribution in [0.4, 0.5) is 0 Å². The van der Waals surface area contributed by atoms with Crippen molar-refractivity contribution in [2.45, 2.75) is 336 Å². The van der Waals surface area contributed by atoms with Gasteiger partial charge in [-0.05, 0) is 31.1 Å². The molecule has 0 aliphatic rings. The Bertz CT molecular complexity index is 995. The summed E-state index contributed by atoms with van der Waals surface area (Å²) in [5, 5.41) is 0. The highest BCUT2D eigenvalue weighted by atomic mass is 16.6. The predicted octanol–water partition coefficient (Wildman–Crippen LogP) is 19.3. The summed E-state index contributed by atoms with van der Waals surface area (Å²) in [7, 11) is 0. The molecule has 0 aromatic carbocycles. The largest absolute Gasteiger partial charge is 0.462 e. The number of carbonyl (C=O) groups excluding carboxylic acids is 3. The average Bonchev–Trinajstić information content (AvgIpc) is 3.29. The van der Waals surface area contributed by atoms with Gasteiger partial charge in [-0.25, -0.2) is 0 Å².